The summed E-state index contributed by atoms with van der Waals surface area (Å²) >= 11 is 0. The van der Waals surface area contributed by atoms with Crippen LogP contribution in [0, 0.1) is 12.7 Å². The number of anilines is 6. The number of aryl methyl sites for hydroxylation is 1. The quantitative estimate of drug-likeness (QED) is 0.406. The number of rotatable bonds is 7. The van der Waals surface area contributed by atoms with E-state index in [0.717, 1.165) is 49.3 Å². The van der Waals surface area contributed by atoms with Crippen LogP contribution in [0.25, 0.3) is 0 Å². The summed E-state index contributed by atoms with van der Waals surface area (Å²) in [6.45, 7) is 10.7. The molecule has 1 aliphatic rings. The van der Waals surface area contributed by atoms with Crippen LogP contribution in [0.15, 0.2) is 48.7 Å². The van der Waals surface area contributed by atoms with Crippen LogP contribution in [0.5, 0.6) is 0 Å². The minimum Gasteiger partial charge on any atom is -0.369 e. The summed E-state index contributed by atoms with van der Waals surface area (Å²) in [5.41, 5.74) is 3.57. The third-order valence-electron chi connectivity index (χ3n) is 6.29. The molecule has 3 aromatic rings. The zero-order valence-electron chi connectivity index (χ0n) is 21.8. The van der Waals surface area contributed by atoms with Gasteiger partial charge in [0.2, 0.25) is 16.0 Å². The van der Waals surface area contributed by atoms with E-state index in [1.54, 1.807) is 45.9 Å². The van der Waals surface area contributed by atoms with Gasteiger partial charge < -0.3 is 20.4 Å². The lowest BCUT2D eigenvalue weighted by molar-refractivity contribution is 0.313. The molecule has 3 N–H and O–H groups in total. The van der Waals surface area contributed by atoms with Crippen LogP contribution in [-0.2, 0) is 10.0 Å². The first kappa shape index (κ1) is 26.6. The lowest BCUT2D eigenvalue weighted by Gasteiger charge is -2.34. The van der Waals surface area contributed by atoms with Crippen molar-refractivity contribution in [2.75, 3.05) is 53.5 Å². The third-order valence-corrected chi connectivity index (χ3v) is 8.39. The standard InChI is InChI=1S/C26H34FN7O2S/c1-18-6-7-20(16-23(18)32-37(35,36)26(2,3)4)29-24-22(27)17-28-25(31-24)30-19-8-10-21(11-9-19)34-14-12-33(5)13-15-34/h6-11,16-17,32H,12-15H2,1-5H3,(H2,28,29,30,31). The minimum atomic E-state index is -3.62. The number of nitrogens with zero attached hydrogens (tertiary/aromatic N) is 4. The van der Waals surface area contributed by atoms with Crippen molar-refractivity contribution in [2.24, 2.45) is 0 Å². The van der Waals surface area contributed by atoms with Gasteiger partial charge in [0.1, 0.15) is 0 Å². The van der Waals surface area contributed by atoms with Crippen LogP contribution in [0.3, 0.4) is 0 Å². The van der Waals surface area contributed by atoms with Crippen molar-refractivity contribution in [3.05, 3.63) is 60.0 Å². The maximum absolute atomic E-state index is 14.6. The second kappa shape index (κ2) is 10.5. The van der Waals surface area contributed by atoms with Crippen LogP contribution in [0.2, 0.25) is 0 Å². The van der Waals surface area contributed by atoms with E-state index in [2.05, 4.69) is 42.2 Å². The Morgan fingerprint density at radius 1 is 0.946 bits per heavy atom. The molecule has 0 amide bonds. The molecule has 0 spiro atoms. The summed E-state index contributed by atoms with van der Waals surface area (Å²) in [5, 5.41) is 6.05. The summed E-state index contributed by atoms with van der Waals surface area (Å²) < 4.78 is 41.4. The number of nitrogens with one attached hydrogen (secondary N) is 3. The van der Waals surface area contributed by atoms with Gasteiger partial charge in [-0.2, -0.15) is 4.98 Å². The fraction of sp³-hybridized carbons (Fsp3) is 0.385. The first-order valence-corrected chi connectivity index (χ1v) is 13.6. The van der Waals surface area contributed by atoms with Gasteiger partial charge in [-0.1, -0.05) is 6.07 Å². The molecule has 1 fully saturated rings. The number of likely N-dealkylation sites (N-methyl/N-ethyl adjacent to an activating group) is 1. The van der Waals surface area contributed by atoms with Gasteiger partial charge in [-0.05, 0) is 76.7 Å². The zero-order valence-corrected chi connectivity index (χ0v) is 22.7. The Morgan fingerprint density at radius 2 is 1.59 bits per heavy atom. The van der Waals surface area contributed by atoms with Crippen molar-refractivity contribution >= 4 is 44.5 Å². The van der Waals surface area contributed by atoms with Gasteiger partial charge in [0.05, 0.1) is 16.6 Å². The molecule has 0 saturated carbocycles. The highest BCUT2D eigenvalue weighted by atomic mass is 32.2. The third kappa shape index (κ3) is 6.47. The Kier molecular flexibility index (Phi) is 7.56. The van der Waals surface area contributed by atoms with Crippen LogP contribution in [0.1, 0.15) is 26.3 Å². The number of hydrogen-bond donors (Lipinski definition) is 3. The number of piperazine rings is 1. The summed E-state index contributed by atoms with van der Waals surface area (Å²) in [5.74, 6) is -0.426. The molecule has 1 aliphatic heterocycles. The molecule has 0 radical (unpaired) electrons. The summed E-state index contributed by atoms with van der Waals surface area (Å²) in [4.78, 5) is 13.0. The van der Waals surface area contributed by atoms with Crippen molar-refractivity contribution in [1.29, 1.82) is 0 Å². The van der Waals surface area contributed by atoms with E-state index in [-0.39, 0.29) is 11.8 Å². The van der Waals surface area contributed by atoms with E-state index in [9.17, 15) is 12.8 Å². The highest BCUT2D eigenvalue weighted by Crippen LogP contribution is 2.28. The van der Waals surface area contributed by atoms with Gasteiger partial charge >= 0.3 is 0 Å². The van der Waals surface area contributed by atoms with Crippen molar-refractivity contribution in [1.82, 2.24) is 14.9 Å². The van der Waals surface area contributed by atoms with E-state index in [0.29, 0.717) is 11.4 Å². The summed E-state index contributed by atoms with van der Waals surface area (Å²) in [6.07, 6.45) is 1.09. The van der Waals surface area contributed by atoms with E-state index in [1.807, 2.05) is 24.3 Å². The Bertz CT molecular complexity index is 1350. The Balaban J connectivity index is 1.48. The van der Waals surface area contributed by atoms with Crippen molar-refractivity contribution in [3.8, 4) is 0 Å². The summed E-state index contributed by atoms with van der Waals surface area (Å²) in [7, 11) is -1.49. The van der Waals surface area contributed by atoms with Crippen LogP contribution in [-0.4, -0.2) is 61.3 Å². The molecule has 0 aliphatic carbocycles. The molecule has 4 rings (SSSR count). The normalized spacial score (nSPS) is 14.9. The molecule has 2 aromatic carbocycles. The number of halogens is 1. The van der Waals surface area contributed by atoms with Gasteiger partial charge in [-0.15, -0.1) is 0 Å². The predicted octanol–water partition coefficient (Wildman–Crippen LogP) is 4.70. The molecular formula is C26H34FN7O2S. The molecule has 9 nitrogen and oxygen atoms in total. The van der Waals surface area contributed by atoms with Crippen molar-refractivity contribution < 1.29 is 12.8 Å². The SMILES string of the molecule is Cc1ccc(Nc2nc(Nc3ccc(N4CCN(C)CC4)cc3)ncc2F)cc1NS(=O)(=O)C(C)(C)C. The van der Waals surface area contributed by atoms with E-state index in [1.165, 1.54) is 0 Å². The van der Waals surface area contributed by atoms with Crippen molar-refractivity contribution in [2.45, 2.75) is 32.4 Å². The molecular weight excluding hydrogens is 493 g/mol. The number of aromatic nitrogens is 2. The Hall–Kier alpha value is -3.44. The average molecular weight is 528 g/mol. The molecule has 0 atom stereocenters. The van der Waals surface area contributed by atoms with E-state index < -0.39 is 20.6 Å². The molecule has 0 bridgehead atoms. The second-order valence-corrected chi connectivity index (χ2v) is 12.7. The fourth-order valence-corrected chi connectivity index (χ4v) is 4.52. The van der Waals surface area contributed by atoms with Gasteiger partial charge in [-0.25, -0.2) is 17.8 Å². The van der Waals surface area contributed by atoms with E-state index >= 15 is 0 Å². The van der Waals surface area contributed by atoms with Crippen LogP contribution in [0.4, 0.5) is 38.9 Å². The molecule has 1 aromatic heterocycles. The highest BCUT2D eigenvalue weighted by Gasteiger charge is 2.29. The molecule has 0 unspecified atom stereocenters. The largest absolute Gasteiger partial charge is 0.369 e. The Morgan fingerprint density at radius 3 is 2.24 bits per heavy atom. The number of hydrogen-bond acceptors (Lipinski definition) is 8. The monoisotopic (exact) mass is 527 g/mol. The minimum absolute atomic E-state index is 0.0277. The van der Waals surface area contributed by atoms with Gasteiger partial charge in [0.15, 0.2) is 11.6 Å². The second-order valence-electron chi connectivity index (χ2n) is 10.2. The molecule has 2 heterocycles. The van der Waals surface area contributed by atoms with Gasteiger partial charge in [0.25, 0.3) is 0 Å². The summed E-state index contributed by atoms with van der Waals surface area (Å²) in [6, 6.07) is 13.1. The average Bonchev–Trinajstić information content (AvgIpc) is 2.83. The lowest BCUT2D eigenvalue weighted by Crippen LogP contribution is -2.44. The maximum atomic E-state index is 14.6. The zero-order chi connectivity index (χ0) is 26.8. The molecule has 37 heavy (non-hydrogen) atoms. The fourth-order valence-electron chi connectivity index (χ4n) is 3.71. The highest BCUT2D eigenvalue weighted by molar-refractivity contribution is 7.94. The topological polar surface area (TPSA) is 102 Å². The van der Waals surface area contributed by atoms with Gasteiger partial charge in [0, 0.05) is 43.2 Å². The van der Waals surface area contributed by atoms with Crippen LogP contribution >= 0.6 is 0 Å². The lowest BCUT2D eigenvalue weighted by atomic mass is 10.2. The smallest absolute Gasteiger partial charge is 0.237 e. The first-order valence-electron chi connectivity index (χ1n) is 12.1. The predicted molar refractivity (Wildman–Crippen MR) is 148 cm³/mol. The van der Waals surface area contributed by atoms with Crippen LogP contribution < -0.4 is 20.3 Å². The van der Waals surface area contributed by atoms with E-state index in [4.69, 9.17) is 0 Å². The number of benzene rings is 2. The maximum Gasteiger partial charge on any atom is 0.237 e. The van der Waals surface area contributed by atoms with Crippen molar-refractivity contribution in [3.63, 3.8) is 0 Å². The van der Waals surface area contributed by atoms with Gasteiger partial charge in [-0.3, -0.25) is 4.72 Å². The number of sulfonamides is 1. The molecule has 1 saturated heterocycles. The molecule has 11 heteroatoms. The Labute approximate surface area is 218 Å². The first-order chi connectivity index (χ1) is 17.4. The molecule has 198 valence electrons.